The summed E-state index contributed by atoms with van der Waals surface area (Å²) in [6.45, 7) is 0. The van der Waals surface area contributed by atoms with Crippen molar-refractivity contribution in [3.63, 3.8) is 0 Å². The molecule has 3 atom stereocenters. The van der Waals surface area contributed by atoms with Crippen molar-refractivity contribution < 1.29 is 4.79 Å². The molecule has 20 heavy (non-hydrogen) atoms. The molecule has 2 aromatic rings. The second-order valence-corrected chi connectivity index (χ2v) is 5.37. The fourth-order valence-corrected chi connectivity index (χ4v) is 2.99. The minimum absolute atomic E-state index is 0.0297. The van der Waals surface area contributed by atoms with Crippen molar-refractivity contribution in [3.05, 3.63) is 70.7 Å². The second kappa shape index (κ2) is 5.11. The van der Waals surface area contributed by atoms with Gasteiger partial charge in [-0.25, -0.2) is 0 Å². The van der Waals surface area contributed by atoms with Crippen molar-refractivity contribution in [1.82, 2.24) is 0 Å². The first kappa shape index (κ1) is 12.9. The lowest BCUT2D eigenvalue weighted by atomic mass is 10.0. The molecule has 1 saturated carbocycles. The molecule has 1 aliphatic rings. The number of nitriles is 1. The van der Waals surface area contributed by atoms with Gasteiger partial charge in [-0.05, 0) is 11.6 Å². The Kier molecular flexibility index (Phi) is 3.30. The maximum atomic E-state index is 12.5. The quantitative estimate of drug-likeness (QED) is 0.796. The number of carbonyl (C=O) groups excluding carboxylic acids is 1. The third-order valence-electron chi connectivity index (χ3n) is 3.79. The molecule has 1 fully saturated rings. The first-order valence-electron chi connectivity index (χ1n) is 6.47. The Morgan fingerprint density at radius 2 is 1.70 bits per heavy atom. The third-order valence-corrected chi connectivity index (χ3v) is 4.14. The Morgan fingerprint density at radius 3 is 2.35 bits per heavy atom. The second-order valence-electron chi connectivity index (χ2n) is 4.96. The smallest absolute Gasteiger partial charge is 0.167 e. The summed E-state index contributed by atoms with van der Waals surface area (Å²) in [4.78, 5) is 12.5. The van der Waals surface area contributed by atoms with E-state index in [1.165, 1.54) is 0 Å². The molecule has 3 unspecified atom stereocenters. The van der Waals surface area contributed by atoms with Gasteiger partial charge in [0.05, 0.1) is 12.0 Å². The zero-order chi connectivity index (χ0) is 14.1. The fourth-order valence-electron chi connectivity index (χ4n) is 2.72. The van der Waals surface area contributed by atoms with E-state index in [0.717, 1.165) is 5.56 Å². The van der Waals surface area contributed by atoms with Crippen LogP contribution in [0.5, 0.6) is 0 Å². The van der Waals surface area contributed by atoms with E-state index in [4.69, 9.17) is 11.6 Å². The van der Waals surface area contributed by atoms with Crippen molar-refractivity contribution in [2.45, 2.75) is 5.92 Å². The van der Waals surface area contributed by atoms with Gasteiger partial charge in [0.1, 0.15) is 0 Å². The number of carbonyl (C=O) groups is 1. The lowest BCUT2D eigenvalue weighted by Crippen LogP contribution is -2.03. The SMILES string of the molecule is N#CC1C(C(=O)c2ccccc2)C1c1ccccc1Cl. The van der Waals surface area contributed by atoms with Gasteiger partial charge in [0.15, 0.2) is 5.78 Å². The maximum absolute atomic E-state index is 12.5. The van der Waals surface area contributed by atoms with E-state index in [-0.39, 0.29) is 23.5 Å². The predicted molar refractivity (Wildman–Crippen MR) is 77.6 cm³/mol. The topological polar surface area (TPSA) is 40.9 Å². The van der Waals surface area contributed by atoms with Crippen LogP contribution in [0.15, 0.2) is 54.6 Å². The molecule has 0 aromatic heterocycles. The Morgan fingerprint density at radius 1 is 1.05 bits per heavy atom. The predicted octanol–water partition coefficient (Wildman–Crippen LogP) is 4.08. The van der Waals surface area contributed by atoms with Gasteiger partial charge in [0.25, 0.3) is 0 Å². The fraction of sp³-hybridized carbons (Fsp3) is 0.176. The number of rotatable bonds is 3. The average molecular weight is 282 g/mol. The molecule has 0 amide bonds. The number of nitrogens with zero attached hydrogens (tertiary/aromatic N) is 1. The largest absolute Gasteiger partial charge is 0.294 e. The van der Waals surface area contributed by atoms with Crippen LogP contribution in [0.2, 0.25) is 5.02 Å². The minimum Gasteiger partial charge on any atom is -0.294 e. The van der Waals surface area contributed by atoms with Crippen molar-refractivity contribution in [3.8, 4) is 6.07 Å². The summed E-state index contributed by atoms with van der Waals surface area (Å²) in [6, 6.07) is 18.8. The van der Waals surface area contributed by atoms with Crippen LogP contribution in [0, 0.1) is 23.2 Å². The third kappa shape index (κ3) is 2.11. The molecule has 2 nitrogen and oxygen atoms in total. The highest BCUT2D eigenvalue weighted by molar-refractivity contribution is 6.31. The number of ketones is 1. The van der Waals surface area contributed by atoms with Gasteiger partial charge in [0, 0.05) is 22.4 Å². The van der Waals surface area contributed by atoms with Crippen LogP contribution in [0.1, 0.15) is 21.8 Å². The summed E-state index contributed by atoms with van der Waals surface area (Å²) in [5.74, 6) is -0.603. The van der Waals surface area contributed by atoms with Gasteiger partial charge < -0.3 is 0 Å². The van der Waals surface area contributed by atoms with Crippen molar-refractivity contribution in [2.24, 2.45) is 11.8 Å². The highest BCUT2D eigenvalue weighted by Crippen LogP contribution is 2.56. The number of Topliss-reactive ketones (excluding diaryl/α,β-unsaturated/α-hetero) is 1. The molecular formula is C17H12ClNO. The Hall–Kier alpha value is -2.11. The van der Waals surface area contributed by atoms with E-state index in [1.807, 2.05) is 36.4 Å². The van der Waals surface area contributed by atoms with E-state index in [1.54, 1.807) is 18.2 Å². The van der Waals surface area contributed by atoms with Gasteiger partial charge in [-0.1, -0.05) is 60.1 Å². The number of hydrogen-bond donors (Lipinski definition) is 0. The molecule has 0 heterocycles. The normalized spacial score (nSPS) is 23.9. The number of benzene rings is 2. The summed E-state index contributed by atoms with van der Waals surface area (Å²) in [6.07, 6.45) is 0. The summed E-state index contributed by atoms with van der Waals surface area (Å²) in [7, 11) is 0. The van der Waals surface area contributed by atoms with Crippen molar-refractivity contribution in [1.29, 1.82) is 5.26 Å². The standard InChI is InChI=1S/C17H12ClNO/c18-14-9-5-4-8-12(14)15-13(10-19)16(15)17(20)11-6-2-1-3-7-11/h1-9,13,15-16H. The molecule has 0 bridgehead atoms. The van der Waals surface area contributed by atoms with Crippen molar-refractivity contribution >= 4 is 17.4 Å². The van der Waals surface area contributed by atoms with Gasteiger partial charge in [0.2, 0.25) is 0 Å². The van der Waals surface area contributed by atoms with Crippen LogP contribution in [-0.4, -0.2) is 5.78 Å². The van der Waals surface area contributed by atoms with Crippen LogP contribution in [0.4, 0.5) is 0 Å². The highest BCUT2D eigenvalue weighted by atomic mass is 35.5. The average Bonchev–Trinajstić information content (AvgIpc) is 3.22. The van der Waals surface area contributed by atoms with Gasteiger partial charge >= 0.3 is 0 Å². The zero-order valence-corrected chi connectivity index (χ0v) is 11.4. The van der Waals surface area contributed by atoms with Gasteiger partial charge in [-0.15, -0.1) is 0 Å². The summed E-state index contributed by atoms with van der Waals surface area (Å²) in [5.41, 5.74) is 1.56. The number of hydrogen-bond acceptors (Lipinski definition) is 2. The summed E-state index contributed by atoms with van der Waals surface area (Å²) in [5, 5.41) is 9.88. The molecule has 0 saturated heterocycles. The van der Waals surface area contributed by atoms with E-state index in [9.17, 15) is 10.1 Å². The first-order chi connectivity index (χ1) is 9.74. The zero-order valence-electron chi connectivity index (χ0n) is 10.7. The van der Waals surface area contributed by atoms with E-state index < -0.39 is 0 Å². The van der Waals surface area contributed by atoms with Crippen molar-refractivity contribution in [2.75, 3.05) is 0 Å². The Labute approximate surface area is 122 Å². The summed E-state index contributed by atoms with van der Waals surface area (Å²) < 4.78 is 0. The lowest BCUT2D eigenvalue weighted by Gasteiger charge is -2.02. The van der Waals surface area contributed by atoms with E-state index >= 15 is 0 Å². The molecule has 0 N–H and O–H groups in total. The molecule has 1 aliphatic carbocycles. The maximum Gasteiger partial charge on any atom is 0.167 e. The van der Waals surface area contributed by atoms with Crippen LogP contribution < -0.4 is 0 Å². The Bertz CT molecular complexity index is 690. The van der Waals surface area contributed by atoms with Gasteiger partial charge in [-0.3, -0.25) is 4.79 Å². The monoisotopic (exact) mass is 281 g/mol. The van der Waals surface area contributed by atoms with Crippen LogP contribution >= 0.6 is 11.6 Å². The van der Waals surface area contributed by atoms with E-state index in [2.05, 4.69) is 6.07 Å². The highest BCUT2D eigenvalue weighted by Gasteiger charge is 2.56. The lowest BCUT2D eigenvalue weighted by molar-refractivity contribution is 0.0962. The Balaban J connectivity index is 1.91. The molecule has 0 aliphatic heterocycles. The molecule has 0 radical (unpaired) electrons. The van der Waals surface area contributed by atoms with Crippen LogP contribution in [0.3, 0.4) is 0 Å². The molecule has 3 rings (SSSR count). The summed E-state index contributed by atoms with van der Waals surface area (Å²) >= 11 is 6.18. The van der Waals surface area contributed by atoms with Crippen LogP contribution in [0.25, 0.3) is 0 Å². The van der Waals surface area contributed by atoms with E-state index in [0.29, 0.717) is 10.6 Å². The molecule has 98 valence electrons. The minimum atomic E-state index is -0.276. The van der Waals surface area contributed by atoms with Crippen LogP contribution in [-0.2, 0) is 0 Å². The first-order valence-corrected chi connectivity index (χ1v) is 6.85. The molecule has 2 aromatic carbocycles. The molecule has 0 spiro atoms. The molecule has 3 heteroatoms. The molecular weight excluding hydrogens is 270 g/mol. The number of halogens is 1. The van der Waals surface area contributed by atoms with Gasteiger partial charge in [-0.2, -0.15) is 5.26 Å².